The second kappa shape index (κ2) is 8.83. The van der Waals surface area contributed by atoms with E-state index in [1.54, 1.807) is 31.4 Å². The Morgan fingerprint density at radius 3 is 2.73 bits per heavy atom. The monoisotopic (exact) mass is 354 g/mol. The third kappa shape index (κ3) is 5.07. The first kappa shape index (κ1) is 18.4. The van der Waals surface area contributed by atoms with Gasteiger partial charge in [-0.3, -0.25) is 9.69 Å². The maximum atomic E-state index is 12.3. The molecule has 0 aromatic heterocycles. The average Bonchev–Trinajstić information content (AvgIpc) is 2.66. The fourth-order valence-corrected chi connectivity index (χ4v) is 3.16. The highest BCUT2D eigenvalue weighted by atomic mass is 16.5. The van der Waals surface area contributed by atoms with E-state index in [-0.39, 0.29) is 12.0 Å². The molecule has 0 spiro atoms. The summed E-state index contributed by atoms with van der Waals surface area (Å²) >= 11 is 0. The van der Waals surface area contributed by atoms with Crippen LogP contribution in [0.25, 0.3) is 0 Å². The van der Waals surface area contributed by atoms with Crippen LogP contribution in [0.3, 0.4) is 0 Å². The number of carbonyl (C=O) groups is 1. The first-order valence-electron chi connectivity index (χ1n) is 8.98. The number of morpholine rings is 1. The van der Waals surface area contributed by atoms with Crippen molar-refractivity contribution in [1.82, 2.24) is 10.2 Å². The highest BCUT2D eigenvalue weighted by molar-refractivity contribution is 5.94. The van der Waals surface area contributed by atoms with Crippen molar-refractivity contribution in [2.75, 3.05) is 26.8 Å². The molecule has 0 bridgehead atoms. The van der Waals surface area contributed by atoms with Crippen molar-refractivity contribution < 1.29 is 14.3 Å². The number of rotatable bonds is 6. The summed E-state index contributed by atoms with van der Waals surface area (Å²) in [5, 5.41) is 2.98. The van der Waals surface area contributed by atoms with Crippen LogP contribution in [0.15, 0.2) is 48.5 Å². The van der Waals surface area contributed by atoms with E-state index in [4.69, 9.17) is 9.47 Å². The Morgan fingerprint density at radius 2 is 2.00 bits per heavy atom. The summed E-state index contributed by atoms with van der Waals surface area (Å²) in [5.41, 5.74) is 2.99. The number of benzene rings is 2. The molecule has 1 fully saturated rings. The Labute approximate surface area is 154 Å². The van der Waals surface area contributed by atoms with Crippen LogP contribution >= 0.6 is 0 Å². The van der Waals surface area contributed by atoms with E-state index in [0.29, 0.717) is 12.1 Å². The van der Waals surface area contributed by atoms with Gasteiger partial charge in [-0.2, -0.15) is 0 Å². The van der Waals surface area contributed by atoms with Crippen molar-refractivity contribution in [3.8, 4) is 5.75 Å². The Balaban J connectivity index is 1.55. The Kier molecular flexibility index (Phi) is 6.26. The molecule has 1 saturated heterocycles. The van der Waals surface area contributed by atoms with Crippen LogP contribution in [0.4, 0.5) is 0 Å². The van der Waals surface area contributed by atoms with E-state index in [2.05, 4.69) is 29.3 Å². The summed E-state index contributed by atoms with van der Waals surface area (Å²) in [6.45, 7) is 6.24. The second-order valence-corrected chi connectivity index (χ2v) is 6.65. The minimum Gasteiger partial charge on any atom is -0.497 e. The summed E-state index contributed by atoms with van der Waals surface area (Å²) in [6.07, 6.45) is 0.288. The average molecular weight is 354 g/mol. The van der Waals surface area contributed by atoms with Gasteiger partial charge in [-0.05, 0) is 42.3 Å². The zero-order valence-electron chi connectivity index (χ0n) is 15.4. The van der Waals surface area contributed by atoms with Gasteiger partial charge in [0.05, 0.1) is 19.8 Å². The van der Waals surface area contributed by atoms with Gasteiger partial charge in [-0.15, -0.1) is 0 Å². The van der Waals surface area contributed by atoms with E-state index >= 15 is 0 Å². The SMILES string of the molecule is COc1ccc(C(=O)NCc2cccc(CN3CCOC(C)C3)c2)cc1. The quantitative estimate of drug-likeness (QED) is 0.867. The maximum Gasteiger partial charge on any atom is 0.251 e. The van der Waals surface area contributed by atoms with E-state index < -0.39 is 0 Å². The lowest BCUT2D eigenvalue weighted by molar-refractivity contribution is -0.0212. The lowest BCUT2D eigenvalue weighted by Gasteiger charge is -2.31. The predicted octanol–water partition coefficient (Wildman–Crippen LogP) is 2.85. The first-order chi connectivity index (χ1) is 12.6. The zero-order chi connectivity index (χ0) is 18.4. The van der Waals surface area contributed by atoms with Gasteiger partial charge < -0.3 is 14.8 Å². The first-order valence-corrected chi connectivity index (χ1v) is 8.98. The molecule has 1 unspecified atom stereocenters. The summed E-state index contributed by atoms with van der Waals surface area (Å²) in [7, 11) is 1.61. The van der Waals surface area contributed by atoms with Crippen molar-refractivity contribution in [3.63, 3.8) is 0 Å². The van der Waals surface area contributed by atoms with Crippen LogP contribution in [-0.4, -0.2) is 43.7 Å². The molecule has 1 N–H and O–H groups in total. The summed E-state index contributed by atoms with van der Waals surface area (Å²) in [6, 6.07) is 15.5. The normalized spacial score (nSPS) is 17.7. The van der Waals surface area contributed by atoms with Gasteiger partial charge in [0.15, 0.2) is 0 Å². The summed E-state index contributed by atoms with van der Waals surface area (Å²) in [4.78, 5) is 14.7. The number of carbonyl (C=O) groups excluding carboxylic acids is 1. The molecule has 1 atom stereocenters. The standard InChI is InChI=1S/C21H26N2O3/c1-16-14-23(10-11-26-16)15-18-5-3-4-17(12-18)13-22-21(24)19-6-8-20(25-2)9-7-19/h3-9,12,16H,10-11,13-15H2,1-2H3,(H,22,24). The Bertz CT molecular complexity index is 730. The van der Waals surface area contributed by atoms with Gasteiger partial charge >= 0.3 is 0 Å². The van der Waals surface area contributed by atoms with E-state index in [9.17, 15) is 4.79 Å². The van der Waals surface area contributed by atoms with Crippen LogP contribution in [0, 0.1) is 0 Å². The van der Waals surface area contributed by atoms with Crippen molar-refractivity contribution >= 4 is 5.91 Å². The van der Waals surface area contributed by atoms with Gasteiger partial charge in [0.25, 0.3) is 5.91 Å². The van der Waals surface area contributed by atoms with Gasteiger partial charge in [0.2, 0.25) is 0 Å². The molecule has 0 saturated carbocycles. The summed E-state index contributed by atoms with van der Waals surface area (Å²) < 4.78 is 10.7. The molecule has 0 radical (unpaired) electrons. The largest absolute Gasteiger partial charge is 0.497 e. The van der Waals surface area contributed by atoms with Crippen molar-refractivity contribution in [2.45, 2.75) is 26.1 Å². The van der Waals surface area contributed by atoms with Crippen LogP contribution in [-0.2, 0) is 17.8 Å². The van der Waals surface area contributed by atoms with Gasteiger partial charge in [-0.1, -0.05) is 24.3 Å². The molecule has 2 aromatic rings. The van der Waals surface area contributed by atoms with Crippen molar-refractivity contribution in [2.24, 2.45) is 0 Å². The molecule has 1 aliphatic heterocycles. The highest BCUT2D eigenvalue weighted by Gasteiger charge is 2.16. The molecule has 26 heavy (non-hydrogen) atoms. The van der Waals surface area contributed by atoms with Gasteiger partial charge in [0, 0.05) is 31.7 Å². The number of amides is 1. The van der Waals surface area contributed by atoms with E-state index in [1.165, 1.54) is 5.56 Å². The lowest BCUT2D eigenvalue weighted by Crippen LogP contribution is -2.40. The number of hydrogen-bond acceptors (Lipinski definition) is 4. The molecule has 1 aliphatic rings. The number of methoxy groups -OCH3 is 1. The topological polar surface area (TPSA) is 50.8 Å². The van der Waals surface area contributed by atoms with E-state index in [1.807, 2.05) is 12.1 Å². The summed E-state index contributed by atoms with van der Waals surface area (Å²) in [5.74, 6) is 0.659. The Morgan fingerprint density at radius 1 is 1.23 bits per heavy atom. The maximum absolute atomic E-state index is 12.3. The fourth-order valence-electron chi connectivity index (χ4n) is 3.16. The fraction of sp³-hybridized carbons (Fsp3) is 0.381. The molecule has 5 nitrogen and oxygen atoms in total. The van der Waals surface area contributed by atoms with E-state index in [0.717, 1.165) is 37.6 Å². The smallest absolute Gasteiger partial charge is 0.251 e. The third-order valence-electron chi connectivity index (χ3n) is 4.53. The molecule has 2 aromatic carbocycles. The predicted molar refractivity (Wildman–Crippen MR) is 101 cm³/mol. The van der Waals surface area contributed by atoms with Gasteiger partial charge in [0.1, 0.15) is 5.75 Å². The minimum absolute atomic E-state index is 0.0833. The zero-order valence-corrected chi connectivity index (χ0v) is 15.4. The van der Waals surface area contributed by atoms with Crippen molar-refractivity contribution in [1.29, 1.82) is 0 Å². The minimum atomic E-state index is -0.0833. The van der Waals surface area contributed by atoms with Crippen LogP contribution in [0.2, 0.25) is 0 Å². The molecule has 1 heterocycles. The van der Waals surface area contributed by atoms with Crippen LogP contribution in [0.1, 0.15) is 28.4 Å². The lowest BCUT2D eigenvalue weighted by atomic mass is 10.1. The number of nitrogens with one attached hydrogen (secondary N) is 1. The highest BCUT2D eigenvalue weighted by Crippen LogP contribution is 2.13. The molecular formula is C21H26N2O3. The molecule has 5 heteroatoms. The number of ether oxygens (including phenoxy) is 2. The molecule has 138 valence electrons. The molecular weight excluding hydrogens is 328 g/mol. The van der Waals surface area contributed by atoms with Crippen LogP contribution < -0.4 is 10.1 Å². The molecule has 1 amide bonds. The number of nitrogens with zero attached hydrogens (tertiary/aromatic N) is 1. The van der Waals surface area contributed by atoms with Crippen molar-refractivity contribution in [3.05, 3.63) is 65.2 Å². The molecule has 0 aliphatic carbocycles. The third-order valence-corrected chi connectivity index (χ3v) is 4.53. The molecule has 3 rings (SSSR count). The Hall–Kier alpha value is -2.37. The van der Waals surface area contributed by atoms with Crippen LogP contribution in [0.5, 0.6) is 5.75 Å². The van der Waals surface area contributed by atoms with Gasteiger partial charge in [-0.25, -0.2) is 0 Å². The second-order valence-electron chi connectivity index (χ2n) is 6.65. The number of hydrogen-bond donors (Lipinski definition) is 1.